The quantitative estimate of drug-likeness (QED) is 0.449. The highest BCUT2D eigenvalue weighted by Crippen LogP contribution is 2.38. The van der Waals surface area contributed by atoms with E-state index in [0.717, 1.165) is 19.4 Å². The van der Waals surface area contributed by atoms with Gasteiger partial charge in [0.25, 0.3) is 0 Å². The van der Waals surface area contributed by atoms with E-state index >= 15 is 0 Å². The SMILES string of the molecule is CCOP(CCCCCc1ccccc1)OCC. The van der Waals surface area contributed by atoms with Crippen LogP contribution in [0.1, 0.15) is 38.7 Å². The van der Waals surface area contributed by atoms with Gasteiger partial charge in [-0.1, -0.05) is 36.8 Å². The third-order valence-electron chi connectivity index (χ3n) is 2.70. The van der Waals surface area contributed by atoms with E-state index in [-0.39, 0.29) is 0 Å². The van der Waals surface area contributed by atoms with Gasteiger partial charge in [0.15, 0.2) is 8.38 Å². The minimum Gasteiger partial charge on any atom is -0.334 e. The highest BCUT2D eigenvalue weighted by molar-refractivity contribution is 7.47. The van der Waals surface area contributed by atoms with E-state index in [9.17, 15) is 0 Å². The molecule has 0 radical (unpaired) electrons. The molecule has 0 saturated carbocycles. The van der Waals surface area contributed by atoms with Crippen LogP contribution in [0.4, 0.5) is 0 Å². The van der Waals surface area contributed by atoms with E-state index in [1.54, 1.807) is 0 Å². The molecule has 0 aliphatic rings. The first kappa shape index (κ1) is 15.6. The van der Waals surface area contributed by atoms with E-state index in [1.807, 2.05) is 13.8 Å². The van der Waals surface area contributed by atoms with Gasteiger partial charge in [-0.15, -0.1) is 0 Å². The average Bonchev–Trinajstić information content (AvgIpc) is 2.40. The summed E-state index contributed by atoms with van der Waals surface area (Å²) in [5.74, 6) is 0. The predicted molar refractivity (Wildman–Crippen MR) is 79.0 cm³/mol. The summed E-state index contributed by atoms with van der Waals surface area (Å²) in [4.78, 5) is 0. The molecule has 1 aromatic rings. The summed E-state index contributed by atoms with van der Waals surface area (Å²) >= 11 is 0. The molecule has 3 heteroatoms. The Kier molecular flexibility index (Phi) is 9.11. The Morgan fingerprint density at radius 1 is 0.889 bits per heavy atom. The summed E-state index contributed by atoms with van der Waals surface area (Å²) in [7, 11) is -0.632. The fourth-order valence-electron chi connectivity index (χ4n) is 1.85. The third kappa shape index (κ3) is 7.10. The second-order valence-electron chi connectivity index (χ2n) is 4.19. The molecule has 0 fully saturated rings. The average molecular weight is 268 g/mol. The maximum Gasteiger partial charge on any atom is 0.170 e. The molecule has 2 nitrogen and oxygen atoms in total. The van der Waals surface area contributed by atoms with Crippen molar-refractivity contribution in [2.24, 2.45) is 0 Å². The monoisotopic (exact) mass is 268 g/mol. The summed E-state index contributed by atoms with van der Waals surface area (Å²) < 4.78 is 11.2. The molecule has 0 aliphatic carbocycles. The molecule has 0 unspecified atom stereocenters. The van der Waals surface area contributed by atoms with Crippen molar-refractivity contribution < 1.29 is 9.05 Å². The lowest BCUT2D eigenvalue weighted by Crippen LogP contribution is -1.96. The molecule has 0 aromatic heterocycles. The zero-order valence-corrected chi connectivity index (χ0v) is 12.5. The first-order valence-electron chi connectivity index (χ1n) is 6.94. The van der Waals surface area contributed by atoms with E-state index in [4.69, 9.17) is 9.05 Å². The highest BCUT2D eigenvalue weighted by atomic mass is 31.2. The fourth-order valence-corrected chi connectivity index (χ4v) is 3.24. The Morgan fingerprint density at radius 2 is 1.56 bits per heavy atom. The first-order chi connectivity index (χ1) is 8.86. The molecule has 0 saturated heterocycles. The second-order valence-corrected chi connectivity index (χ2v) is 5.82. The van der Waals surface area contributed by atoms with E-state index < -0.39 is 8.38 Å². The van der Waals surface area contributed by atoms with Gasteiger partial charge in [-0.05, 0) is 38.7 Å². The van der Waals surface area contributed by atoms with Crippen LogP contribution in [0, 0.1) is 0 Å². The van der Waals surface area contributed by atoms with Gasteiger partial charge in [-0.3, -0.25) is 0 Å². The standard InChI is InChI=1S/C15H25O2P/c1-3-16-18(17-4-2)14-10-6-9-13-15-11-7-5-8-12-15/h5,7-8,11-12H,3-4,6,9-10,13-14H2,1-2H3. The van der Waals surface area contributed by atoms with Crippen LogP contribution in [0.15, 0.2) is 30.3 Å². The van der Waals surface area contributed by atoms with Gasteiger partial charge < -0.3 is 9.05 Å². The van der Waals surface area contributed by atoms with Crippen molar-refractivity contribution in [2.45, 2.75) is 39.5 Å². The van der Waals surface area contributed by atoms with Gasteiger partial charge in [-0.25, -0.2) is 0 Å². The van der Waals surface area contributed by atoms with Crippen LogP contribution in [-0.4, -0.2) is 19.4 Å². The number of rotatable bonds is 10. The number of hydrogen-bond acceptors (Lipinski definition) is 2. The zero-order valence-electron chi connectivity index (χ0n) is 11.6. The molecule has 0 aliphatic heterocycles. The maximum absolute atomic E-state index is 5.59. The molecule has 0 heterocycles. The van der Waals surface area contributed by atoms with Gasteiger partial charge in [0, 0.05) is 6.16 Å². The summed E-state index contributed by atoms with van der Waals surface area (Å²) in [5.41, 5.74) is 1.44. The van der Waals surface area contributed by atoms with Crippen LogP contribution in [0.2, 0.25) is 0 Å². The molecule has 1 aromatic carbocycles. The van der Waals surface area contributed by atoms with Crippen LogP contribution in [0.25, 0.3) is 0 Å². The van der Waals surface area contributed by atoms with E-state index in [2.05, 4.69) is 30.3 Å². The van der Waals surface area contributed by atoms with Crippen molar-refractivity contribution in [3.63, 3.8) is 0 Å². The molecule has 0 amide bonds. The number of benzene rings is 1. The number of hydrogen-bond donors (Lipinski definition) is 0. The lowest BCUT2D eigenvalue weighted by molar-refractivity contribution is 0.268. The van der Waals surface area contributed by atoms with E-state index in [0.29, 0.717) is 0 Å². The van der Waals surface area contributed by atoms with E-state index in [1.165, 1.54) is 31.2 Å². The van der Waals surface area contributed by atoms with Crippen molar-refractivity contribution in [2.75, 3.05) is 19.4 Å². The maximum atomic E-state index is 5.59. The third-order valence-corrected chi connectivity index (χ3v) is 4.47. The summed E-state index contributed by atoms with van der Waals surface area (Å²) in [6.45, 7) is 5.58. The van der Waals surface area contributed by atoms with Crippen molar-refractivity contribution in [1.29, 1.82) is 0 Å². The lowest BCUT2D eigenvalue weighted by atomic mass is 10.1. The van der Waals surface area contributed by atoms with Crippen LogP contribution in [0.3, 0.4) is 0 Å². The second kappa shape index (κ2) is 10.5. The Bertz CT molecular complexity index is 284. The molecule has 0 bridgehead atoms. The van der Waals surface area contributed by atoms with Crippen LogP contribution in [-0.2, 0) is 15.5 Å². The Morgan fingerprint density at radius 3 is 2.17 bits per heavy atom. The lowest BCUT2D eigenvalue weighted by Gasteiger charge is -2.15. The van der Waals surface area contributed by atoms with Crippen molar-refractivity contribution in [3.05, 3.63) is 35.9 Å². The predicted octanol–water partition coefficient (Wildman–Crippen LogP) is 4.78. The smallest absolute Gasteiger partial charge is 0.170 e. The zero-order chi connectivity index (χ0) is 13.1. The van der Waals surface area contributed by atoms with Crippen LogP contribution in [0.5, 0.6) is 0 Å². The molecule has 0 N–H and O–H groups in total. The molecular formula is C15H25O2P. The number of aryl methyl sites for hydroxylation is 1. The minimum absolute atomic E-state index is 0.632. The van der Waals surface area contributed by atoms with Crippen molar-refractivity contribution >= 4 is 8.38 Å². The van der Waals surface area contributed by atoms with Gasteiger partial charge in [-0.2, -0.15) is 0 Å². The normalized spacial score (nSPS) is 11.1. The van der Waals surface area contributed by atoms with Gasteiger partial charge in [0.1, 0.15) is 0 Å². The van der Waals surface area contributed by atoms with Crippen molar-refractivity contribution in [1.82, 2.24) is 0 Å². The summed E-state index contributed by atoms with van der Waals surface area (Å²) in [6, 6.07) is 10.7. The fraction of sp³-hybridized carbons (Fsp3) is 0.600. The van der Waals surface area contributed by atoms with Crippen molar-refractivity contribution in [3.8, 4) is 0 Å². The molecule has 18 heavy (non-hydrogen) atoms. The molecule has 1 rings (SSSR count). The van der Waals surface area contributed by atoms with Gasteiger partial charge >= 0.3 is 0 Å². The Hall–Kier alpha value is -0.430. The first-order valence-corrected chi connectivity index (χ1v) is 8.30. The Balaban J connectivity index is 2.06. The summed E-state index contributed by atoms with van der Waals surface area (Å²) in [5, 5.41) is 0. The van der Waals surface area contributed by atoms with Gasteiger partial charge in [0.2, 0.25) is 0 Å². The largest absolute Gasteiger partial charge is 0.334 e. The van der Waals surface area contributed by atoms with Crippen LogP contribution < -0.4 is 0 Å². The highest BCUT2D eigenvalue weighted by Gasteiger charge is 2.07. The topological polar surface area (TPSA) is 18.5 Å². The Labute approximate surface area is 113 Å². The summed E-state index contributed by atoms with van der Waals surface area (Å²) in [6.07, 6.45) is 5.98. The van der Waals surface area contributed by atoms with Gasteiger partial charge in [0.05, 0.1) is 13.2 Å². The minimum atomic E-state index is -0.632. The molecule has 0 atom stereocenters. The molecular weight excluding hydrogens is 243 g/mol. The van der Waals surface area contributed by atoms with Crippen LogP contribution >= 0.6 is 8.38 Å². The molecule has 0 spiro atoms. The number of unbranched alkanes of at least 4 members (excludes halogenated alkanes) is 2. The molecule has 102 valence electrons.